The summed E-state index contributed by atoms with van der Waals surface area (Å²) < 4.78 is 7.33. The fraction of sp³-hybridized carbons (Fsp3) is 0.381. The number of aromatic nitrogens is 4. The normalized spacial score (nSPS) is 15.0. The van der Waals surface area contributed by atoms with Crippen molar-refractivity contribution in [2.45, 2.75) is 25.8 Å². The van der Waals surface area contributed by atoms with Crippen molar-refractivity contribution in [1.29, 1.82) is 0 Å². The molecule has 1 aromatic carbocycles. The van der Waals surface area contributed by atoms with E-state index in [0.29, 0.717) is 6.01 Å². The summed E-state index contributed by atoms with van der Waals surface area (Å²) in [6.07, 6.45) is 9.52. The van der Waals surface area contributed by atoms with Crippen molar-refractivity contribution in [3.63, 3.8) is 0 Å². The maximum atomic E-state index is 5.11. The molecule has 1 fully saturated rings. The van der Waals surface area contributed by atoms with Crippen molar-refractivity contribution >= 4 is 0 Å². The lowest BCUT2D eigenvalue weighted by molar-refractivity contribution is 0.221. The maximum Gasteiger partial charge on any atom is 0.316 e. The third kappa shape index (κ3) is 4.01. The molecule has 0 bridgehead atoms. The molecule has 0 amide bonds. The summed E-state index contributed by atoms with van der Waals surface area (Å²) in [5, 5.41) is 0. The molecule has 1 aliphatic heterocycles. The monoisotopic (exact) mass is 363 g/mol. The van der Waals surface area contributed by atoms with Crippen LogP contribution in [0.4, 0.5) is 0 Å². The average molecular weight is 363 g/mol. The fourth-order valence-electron chi connectivity index (χ4n) is 3.64. The summed E-state index contributed by atoms with van der Waals surface area (Å²) in [6, 6.07) is 10.6. The molecule has 6 heteroatoms. The van der Waals surface area contributed by atoms with Gasteiger partial charge in [-0.05, 0) is 25.9 Å². The van der Waals surface area contributed by atoms with E-state index >= 15 is 0 Å². The number of ether oxygens (including phenoxy) is 1. The number of hydrogen-bond acceptors (Lipinski definition) is 5. The van der Waals surface area contributed by atoms with Crippen molar-refractivity contribution < 1.29 is 4.74 Å². The van der Waals surface area contributed by atoms with E-state index in [1.165, 1.54) is 32.4 Å². The molecule has 1 aliphatic rings. The summed E-state index contributed by atoms with van der Waals surface area (Å²) in [7, 11) is 1.58. The van der Waals surface area contributed by atoms with E-state index in [2.05, 4.69) is 31.6 Å². The van der Waals surface area contributed by atoms with Gasteiger partial charge >= 0.3 is 6.01 Å². The molecule has 0 saturated carbocycles. The van der Waals surface area contributed by atoms with Crippen LogP contribution in [0.3, 0.4) is 0 Å². The highest BCUT2D eigenvalue weighted by Crippen LogP contribution is 2.31. The molecule has 0 aliphatic carbocycles. The third-order valence-electron chi connectivity index (χ3n) is 5.07. The molecular weight excluding hydrogens is 338 g/mol. The number of methoxy groups -OCH3 is 1. The summed E-state index contributed by atoms with van der Waals surface area (Å²) in [5.74, 6) is 0. The number of hydrogen-bond donors (Lipinski definition) is 0. The van der Waals surface area contributed by atoms with Crippen LogP contribution in [-0.4, -0.2) is 51.2 Å². The van der Waals surface area contributed by atoms with Crippen LogP contribution in [0, 0.1) is 0 Å². The molecule has 0 spiro atoms. The Morgan fingerprint density at radius 1 is 0.889 bits per heavy atom. The number of nitrogens with zero attached hydrogens (tertiary/aromatic N) is 5. The number of imidazole rings is 1. The molecule has 140 valence electrons. The van der Waals surface area contributed by atoms with Gasteiger partial charge in [0.1, 0.15) is 0 Å². The zero-order chi connectivity index (χ0) is 18.5. The number of rotatable bonds is 6. The molecular formula is C21H25N5O. The molecule has 0 N–H and O–H groups in total. The minimum Gasteiger partial charge on any atom is -0.467 e. The molecule has 1 saturated heterocycles. The Labute approximate surface area is 159 Å². The van der Waals surface area contributed by atoms with Crippen LogP contribution < -0.4 is 4.74 Å². The summed E-state index contributed by atoms with van der Waals surface area (Å²) in [5.41, 5.74) is 4.06. The molecule has 2 aromatic heterocycles. The van der Waals surface area contributed by atoms with Crippen LogP contribution in [0.15, 0.2) is 49.1 Å². The molecule has 4 rings (SSSR count). The van der Waals surface area contributed by atoms with E-state index in [-0.39, 0.29) is 0 Å². The van der Waals surface area contributed by atoms with Crippen molar-refractivity contribution in [2.24, 2.45) is 0 Å². The Morgan fingerprint density at radius 3 is 2.33 bits per heavy atom. The average Bonchev–Trinajstić information content (AvgIpc) is 3.17. The first-order valence-corrected chi connectivity index (χ1v) is 9.54. The minimum atomic E-state index is 0.374. The first kappa shape index (κ1) is 17.7. The second kappa shape index (κ2) is 8.31. The van der Waals surface area contributed by atoms with Gasteiger partial charge in [0.05, 0.1) is 24.8 Å². The van der Waals surface area contributed by atoms with Crippen LogP contribution in [0.5, 0.6) is 6.01 Å². The second-order valence-electron chi connectivity index (χ2n) is 6.86. The summed E-state index contributed by atoms with van der Waals surface area (Å²) in [4.78, 5) is 15.9. The summed E-state index contributed by atoms with van der Waals surface area (Å²) >= 11 is 0. The van der Waals surface area contributed by atoms with Gasteiger partial charge in [-0.15, -0.1) is 0 Å². The van der Waals surface area contributed by atoms with Gasteiger partial charge in [-0.2, -0.15) is 0 Å². The Morgan fingerprint density at radius 2 is 1.63 bits per heavy atom. The van der Waals surface area contributed by atoms with E-state index in [4.69, 9.17) is 9.72 Å². The second-order valence-corrected chi connectivity index (χ2v) is 6.86. The van der Waals surface area contributed by atoms with Crippen LogP contribution in [0.1, 0.15) is 19.3 Å². The van der Waals surface area contributed by atoms with E-state index in [9.17, 15) is 0 Å². The van der Waals surface area contributed by atoms with E-state index < -0.39 is 0 Å². The van der Waals surface area contributed by atoms with Gasteiger partial charge in [0, 0.05) is 36.6 Å². The van der Waals surface area contributed by atoms with E-state index in [1.54, 1.807) is 7.11 Å². The van der Waals surface area contributed by atoms with Crippen molar-refractivity contribution in [3.8, 4) is 28.5 Å². The van der Waals surface area contributed by atoms with Crippen LogP contribution in [-0.2, 0) is 6.54 Å². The number of benzene rings is 1. The lowest BCUT2D eigenvalue weighted by atomic mass is 10.1. The van der Waals surface area contributed by atoms with Gasteiger partial charge in [-0.3, -0.25) is 0 Å². The van der Waals surface area contributed by atoms with Crippen molar-refractivity contribution in [2.75, 3.05) is 26.7 Å². The molecule has 27 heavy (non-hydrogen) atoms. The smallest absolute Gasteiger partial charge is 0.316 e. The number of likely N-dealkylation sites (tertiary alicyclic amines) is 1. The Kier molecular flexibility index (Phi) is 5.44. The van der Waals surface area contributed by atoms with Crippen LogP contribution in [0.25, 0.3) is 22.5 Å². The van der Waals surface area contributed by atoms with Crippen LogP contribution >= 0.6 is 0 Å². The van der Waals surface area contributed by atoms with Crippen molar-refractivity contribution in [3.05, 3.63) is 49.1 Å². The summed E-state index contributed by atoms with van der Waals surface area (Å²) in [6.45, 7) is 4.33. The highest BCUT2D eigenvalue weighted by molar-refractivity contribution is 5.77. The zero-order valence-corrected chi connectivity index (χ0v) is 15.7. The van der Waals surface area contributed by atoms with Crippen LogP contribution in [0.2, 0.25) is 0 Å². The molecule has 3 heterocycles. The highest BCUT2D eigenvalue weighted by atomic mass is 16.5. The first-order valence-electron chi connectivity index (χ1n) is 9.54. The third-order valence-corrected chi connectivity index (χ3v) is 5.07. The predicted octanol–water partition coefficient (Wildman–Crippen LogP) is 3.50. The van der Waals surface area contributed by atoms with Gasteiger partial charge in [0.2, 0.25) is 0 Å². The lowest BCUT2D eigenvalue weighted by Gasteiger charge is -2.26. The van der Waals surface area contributed by atoms with Gasteiger partial charge in [0.15, 0.2) is 0 Å². The lowest BCUT2D eigenvalue weighted by Crippen LogP contribution is -2.32. The minimum absolute atomic E-state index is 0.374. The van der Waals surface area contributed by atoms with Gasteiger partial charge in [-0.1, -0.05) is 36.8 Å². The molecule has 3 aromatic rings. The van der Waals surface area contributed by atoms with Gasteiger partial charge in [-0.25, -0.2) is 15.0 Å². The Hall–Kier alpha value is -2.73. The Bertz CT molecular complexity index is 854. The molecule has 0 radical (unpaired) electrons. The van der Waals surface area contributed by atoms with Crippen molar-refractivity contribution in [1.82, 2.24) is 24.4 Å². The Balaban J connectivity index is 1.66. The van der Waals surface area contributed by atoms with Gasteiger partial charge < -0.3 is 14.2 Å². The SMILES string of the molecule is COc1ncc(-c2c(-c3ccccc3)ncn2CCN2CCCCC2)cn1. The first-order chi connectivity index (χ1) is 13.3. The topological polar surface area (TPSA) is 56.1 Å². The molecule has 6 nitrogen and oxygen atoms in total. The molecule has 0 atom stereocenters. The standard InChI is InChI=1S/C21H25N5O/c1-27-21-22-14-18(15-23-21)20-19(17-8-4-2-5-9-17)24-16-26(20)13-12-25-10-6-3-7-11-25/h2,4-5,8-9,14-16H,3,6-7,10-13H2,1H3. The van der Waals surface area contributed by atoms with Gasteiger partial charge in [0.25, 0.3) is 0 Å². The quantitative estimate of drug-likeness (QED) is 0.671. The maximum absolute atomic E-state index is 5.11. The highest BCUT2D eigenvalue weighted by Gasteiger charge is 2.17. The molecule has 0 unspecified atom stereocenters. The fourth-order valence-corrected chi connectivity index (χ4v) is 3.64. The number of piperidine rings is 1. The predicted molar refractivity (Wildman–Crippen MR) is 106 cm³/mol. The largest absolute Gasteiger partial charge is 0.467 e. The zero-order valence-electron chi connectivity index (χ0n) is 15.7. The van der Waals surface area contributed by atoms with E-state index in [0.717, 1.165) is 35.6 Å². The van der Waals surface area contributed by atoms with E-state index in [1.807, 2.05) is 36.9 Å².